The SMILES string of the molecule is CCC1=C(C)c2cc3[n-]c(cc4[nH+]c(c(CC(=O)OC)c5[n-]c(cc1[nH+]2)c(C)c5C(=O)OC)C(CCC(=O)OC)C4C)c(C)c3CC.[Mg+2]. The second-order valence-electron chi connectivity index (χ2n) is 12.3. The molecule has 3 aromatic heterocycles. The van der Waals surface area contributed by atoms with Gasteiger partial charge in [0, 0.05) is 28.7 Å². The molecule has 2 aliphatic heterocycles. The summed E-state index contributed by atoms with van der Waals surface area (Å²) in [5.41, 5.74) is 12.1. The summed E-state index contributed by atoms with van der Waals surface area (Å²) in [6.07, 6.45) is 2.08. The molecular formula is C37H44MgN4O6+2. The van der Waals surface area contributed by atoms with Crippen LogP contribution in [0.15, 0.2) is 18.2 Å². The van der Waals surface area contributed by atoms with Gasteiger partial charge in [-0.3, -0.25) is 9.59 Å². The van der Waals surface area contributed by atoms with Crippen LogP contribution in [0.2, 0.25) is 0 Å². The monoisotopic (exact) mass is 664 g/mol. The molecule has 0 amide bonds. The van der Waals surface area contributed by atoms with Gasteiger partial charge in [0.15, 0.2) is 11.4 Å². The number of allylic oxidation sites excluding steroid dienone is 2. The van der Waals surface area contributed by atoms with Crippen molar-refractivity contribution in [1.29, 1.82) is 0 Å². The van der Waals surface area contributed by atoms with E-state index in [-0.39, 0.29) is 59.3 Å². The van der Waals surface area contributed by atoms with Gasteiger partial charge in [-0.1, -0.05) is 37.5 Å². The molecule has 0 saturated heterocycles. The van der Waals surface area contributed by atoms with Gasteiger partial charge in [0.2, 0.25) is 11.4 Å². The quantitative estimate of drug-likeness (QED) is 0.189. The summed E-state index contributed by atoms with van der Waals surface area (Å²) >= 11 is 0. The van der Waals surface area contributed by atoms with Crippen LogP contribution in [0, 0.1) is 13.8 Å². The van der Waals surface area contributed by atoms with Crippen LogP contribution in [-0.2, 0) is 36.6 Å². The predicted molar refractivity (Wildman–Crippen MR) is 183 cm³/mol. The van der Waals surface area contributed by atoms with Crippen molar-refractivity contribution in [1.82, 2.24) is 9.97 Å². The Kier molecular flexibility index (Phi) is 11.6. The maximum absolute atomic E-state index is 13.4. The first-order valence-corrected chi connectivity index (χ1v) is 16.2. The molecule has 0 fully saturated rings. The third kappa shape index (κ3) is 6.67. The van der Waals surface area contributed by atoms with E-state index in [1.54, 1.807) is 0 Å². The molecule has 2 N–H and O–H groups in total. The van der Waals surface area contributed by atoms with Gasteiger partial charge >= 0.3 is 41.0 Å². The molecule has 2 aliphatic rings. The molecule has 0 radical (unpaired) electrons. The smallest absolute Gasteiger partial charge is 0.657 e. The van der Waals surface area contributed by atoms with Gasteiger partial charge in [0.05, 0.1) is 39.6 Å². The summed E-state index contributed by atoms with van der Waals surface area (Å²) in [5.74, 6) is -1.68. The normalized spacial score (nSPS) is 15.6. The Bertz CT molecular complexity index is 1970. The maximum atomic E-state index is 13.4. The Labute approximate surface area is 297 Å². The van der Waals surface area contributed by atoms with Crippen LogP contribution in [0.4, 0.5) is 0 Å². The van der Waals surface area contributed by atoms with E-state index >= 15 is 0 Å². The van der Waals surface area contributed by atoms with E-state index in [0.29, 0.717) is 34.3 Å². The van der Waals surface area contributed by atoms with Crippen molar-refractivity contribution in [2.75, 3.05) is 21.3 Å². The average molecular weight is 665 g/mol. The summed E-state index contributed by atoms with van der Waals surface area (Å²) in [5, 5.41) is 0. The zero-order valence-electron chi connectivity index (χ0n) is 29.5. The van der Waals surface area contributed by atoms with E-state index < -0.39 is 11.9 Å². The fourth-order valence-electron chi connectivity index (χ4n) is 7.02. The molecule has 0 aromatic carbocycles. The van der Waals surface area contributed by atoms with Gasteiger partial charge < -0.3 is 24.2 Å². The first-order valence-electron chi connectivity index (χ1n) is 16.2. The van der Waals surface area contributed by atoms with Gasteiger partial charge in [-0.2, -0.15) is 0 Å². The van der Waals surface area contributed by atoms with E-state index in [0.717, 1.165) is 57.7 Å². The summed E-state index contributed by atoms with van der Waals surface area (Å²) in [6, 6.07) is 6.14. The van der Waals surface area contributed by atoms with E-state index in [1.165, 1.54) is 26.9 Å². The van der Waals surface area contributed by atoms with Crippen LogP contribution in [0.3, 0.4) is 0 Å². The molecule has 2 atom stereocenters. The minimum Gasteiger partial charge on any atom is -0.657 e. The molecule has 0 spiro atoms. The molecule has 5 rings (SSSR count). The number of aromatic amines is 2. The van der Waals surface area contributed by atoms with Gasteiger partial charge in [-0.25, -0.2) is 14.8 Å². The number of fused-ring (bicyclic) bond motifs is 8. The van der Waals surface area contributed by atoms with Crippen LogP contribution in [-0.4, -0.2) is 62.3 Å². The second-order valence-corrected chi connectivity index (χ2v) is 12.3. The predicted octanol–water partition coefficient (Wildman–Crippen LogP) is 4.89. The van der Waals surface area contributed by atoms with E-state index in [4.69, 9.17) is 24.2 Å². The Morgan fingerprint density at radius 2 is 1.46 bits per heavy atom. The zero-order valence-corrected chi connectivity index (χ0v) is 30.9. The molecule has 5 heterocycles. The number of methoxy groups -OCH3 is 3. The number of aromatic nitrogens is 4. The Morgan fingerprint density at radius 3 is 2.08 bits per heavy atom. The van der Waals surface area contributed by atoms with Gasteiger partial charge in [0.25, 0.3) is 0 Å². The largest absolute Gasteiger partial charge is 2.00 e. The Hall–Kier alpha value is -3.96. The van der Waals surface area contributed by atoms with Crippen molar-refractivity contribution in [3.8, 4) is 0 Å². The number of ether oxygens (including phenoxy) is 3. The van der Waals surface area contributed by atoms with Crippen molar-refractivity contribution in [3.63, 3.8) is 0 Å². The molecule has 0 aliphatic carbocycles. The van der Waals surface area contributed by atoms with E-state index in [2.05, 4.69) is 56.7 Å². The topological polar surface area (TPSA) is 135 Å². The van der Waals surface area contributed by atoms with Crippen LogP contribution in [0.5, 0.6) is 0 Å². The molecule has 11 heteroatoms. The molecule has 48 heavy (non-hydrogen) atoms. The summed E-state index contributed by atoms with van der Waals surface area (Å²) < 4.78 is 15.4. The van der Waals surface area contributed by atoms with Crippen LogP contribution in [0.1, 0.15) is 114 Å². The summed E-state index contributed by atoms with van der Waals surface area (Å²) in [7, 11) is 4.04. The number of esters is 3. The fourth-order valence-corrected chi connectivity index (χ4v) is 7.02. The second kappa shape index (κ2) is 15.1. The van der Waals surface area contributed by atoms with Crippen molar-refractivity contribution in [3.05, 3.63) is 68.8 Å². The van der Waals surface area contributed by atoms with Crippen molar-refractivity contribution >= 4 is 74.2 Å². The van der Waals surface area contributed by atoms with Crippen molar-refractivity contribution in [2.24, 2.45) is 0 Å². The number of carbonyl (C=O) groups is 3. The van der Waals surface area contributed by atoms with Crippen LogP contribution in [0.25, 0.3) is 33.2 Å². The molecular weight excluding hydrogens is 621 g/mol. The van der Waals surface area contributed by atoms with Gasteiger partial charge in [-0.15, -0.1) is 22.1 Å². The van der Waals surface area contributed by atoms with Gasteiger partial charge in [0.1, 0.15) is 0 Å². The fraction of sp³-hybridized carbons (Fsp3) is 0.432. The molecule has 10 nitrogen and oxygen atoms in total. The number of rotatable bonds is 8. The number of hydrogen-bond donors (Lipinski definition) is 0. The minimum atomic E-state index is -0.554. The third-order valence-corrected chi connectivity index (χ3v) is 9.81. The van der Waals surface area contributed by atoms with E-state index in [9.17, 15) is 14.4 Å². The molecule has 2 unspecified atom stereocenters. The minimum absolute atomic E-state index is 0. The van der Waals surface area contributed by atoms with Gasteiger partial charge in [-0.05, 0) is 58.2 Å². The molecule has 8 bridgehead atoms. The maximum Gasteiger partial charge on any atom is 2.00 e. The molecule has 0 saturated carbocycles. The van der Waals surface area contributed by atoms with Crippen LogP contribution >= 0.6 is 0 Å². The Morgan fingerprint density at radius 1 is 0.792 bits per heavy atom. The first-order chi connectivity index (χ1) is 22.5. The molecule has 248 valence electrons. The first kappa shape index (κ1) is 36.9. The zero-order chi connectivity index (χ0) is 34.2. The number of nitrogens with one attached hydrogen (secondary N) is 2. The Balaban J connectivity index is 0.00000520. The number of carbonyl (C=O) groups excluding carboxylic acids is 3. The van der Waals surface area contributed by atoms with Crippen molar-refractivity contribution < 1.29 is 38.6 Å². The van der Waals surface area contributed by atoms with Crippen LogP contribution < -0.4 is 19.9 Å². The summed E-state index contributed by atoms with van der Waals surface area (Å²) in [4.78, 5) is 56.2. The number of aryl methyl sites for hydroxylation is 3. The standard InChI is InChI=1S/C37H43N4O6.Mg/c1-10-22-18(3)26-15-28-20(5)24(12-13-32(42)45-7)35(40-28)25(14-33(43)46-8)36-34(37(44)47-9)21(6)29(41-36)17-31-23(11-2)19(4)27(39-31)16-30(22)38-26;/h15-17,20,24H,10-14H2,1-9H3,(H-,38,39,40,41,44);/q-1;+2/p+1. The summed E-state index contributed by atoms with van der Waals surface area (Å²) in [6.45, 7) is 12.4. The number of hydrogen-bond acceptors (Lipinski definition) is 6. The average Bonchev–Trinajstić information content (AvgIpc) is 3.74. The van der Waals surface area contributed by atoms with Crippen molar-refractivity contribution in [2.45, 2.75) is 85.5 Å². The third-order valence-electron chi connectivity index (χ3n) is 9.81. The number of nitrogens with zero attached hydrogens (tertiary/aromatic N) is 2. The molecule has 3 aromatic rings. The van der Waals surface area contributed by atoms with E-state index in [1.807, 2.05) is 13.0 Å². The number of H-pyrrole nitrogens is 2.